The van der Waals surface area contributed by atoms with Gasteiger partial charge in [0.25, 0.3) is 0 Å². The molecule has 2 aromatic rings. The highest BCUT2D eigenvalue weighted by Crippen LogP contribution is 2.44. The number of hydrogen-bond acceptors (Lipinski definition) is 9. The third kappa shape index (κ3) is 3.45. The molecule has 2 heterocycles. The van der Waals surface area contributed by atoms with Crippen LogP contribution in [0.25, 0.3) is 0 Å². The molecule has 9 nitrogen and oxygen atoms in total. The summed E-state index contributed by atoms with van der Waals surface area (Å²) in [7, 11) is 0. The van der Waals surface area contributed by atoms with Crippen LogP contribution in [0.2, 0.25) is 0 Å². The Morgan fingerprint density at radius 2 is 2.07 bits per heavy atom. The number of nitriles is 2. The van der Waals surface area contributed by atoms with Crippen LogP contribution in [-0.4, -0.2) is 17.6 Å². The maximum atomic E-state index is 12.9. The number of guanidine groups is 1. The van der Waals surface area contributed by atoms with Crippen molar-refractivity contribution in [2.24, 2.45) is 4.99 Å². The van der Waals surface area contributed by atoms with E-state index in [1.807, 2.05) is 6.07 Å². The van der Waals surface area contributed by atoms with Gasteiger partial charge in [0.15, 0.2) is 6.19 Å². The lowest BCUT2D eigenvalue weighted by atomic mass is 9.94. The summed E-state index contributed by atoms with van der Waals surface area (Å²) < 4.78 is 30.9. The molecule has 1 aliphatic heterocycles. The molecule has 1 unspecified atom stereocenters. The number of aromatic nitrogens is 1. The zero-order valence-electron chi connectivity index (χ0n) is 13.9. The van der Waals surface area contributed by atoms with E-state index >= 15 is 0 Å². The predicted octanol–water partition coefficient (Wildman–Crippen LogP) is 2.42. The molecule has 1 aromatic carbocycles. The molecular formula is C16H11BrF2N8O. The maximum absolute atomic E-state index is 12.9. The van der Waals surface area contributed by atoms with Crippen molar-refractivity contribution in [1.29, 1.82) is 10.5 Å². The number of rotatable bonds is 3. The molecule has 28 heavy (non-hydrogen) atoms. The normalized spacial score (nSPS) is 14.9. The van der Waals surface area contributed by atoms with Crippen molar-refractivity contribution in [3.05, 3.63) is 39.4 Å². The van der Waals surface area contributed by atoms with Crippen molar-refractivity contribution in [2.45, 2.75) is 12.7 Å². The summed E-state index contributed by atoms with van der Waals surface area (Å²) in [5.41, 5.74) is 12.3. The van der Waals surface area contributed by atoms with Gasteiger partial charge in [0.2, 0.25) is 5.96 Å². The molecule has 3 rings (SSSR count). The lowest BCUT2D eigenvalue weighted by molar-refractivity contribution is -0.0505. The van der Waals surface area contributed by atoms with Crippen molar-refractivity contribution in [3.63, 3.8) is 0 Å². The fourth-order valence-corrected chi connectivity index (χ4v) is 3.12. The van der Waals surface area contributed by atoms with Gasteiger partial charge in [0.1, 0.15) is 35.1 Å². The van der Waals surface area contributed by atoms with Crippen molar-refractivity contribution < 1.29 is 13.5 Å². The quantitative estimate of drug-likeness (QED) is 0.411. The van der Waals surface area contributed by atoms with Gasteiger partial charge in [-0.05, 0) is 18.2 Å². The molecule has 0 bridgehead atoms. The molecule has 0 radical (unpaired) electrons. The molecule has 0 spiro atoms. The number of anilines is 3. The number of nitrogen functional groups attached to an aromatic ring is 2. The molecule has 1 aliphatic rings. The van der Waals surface area contributed by atoms with E-state index < -0.39 is 12.7 Å². The minimum Gasteiger partial charge on any atom is -0.434 e. The van der Waals surface area contributed by atoms with Crippen LogP contribution in [0.5, 0.6) is 5.75 Å². The molecule has 1 atom stereocenters. The average Bonchev–Trinajstić information content (AvgIpc) is 2.62. The Balaban J connectivity index is 2.28. The average molecular weight is 449 g/mol. The second-order valence-corrected chi connectivity index (χ2v) is 6.38. The number of nitrogens with one attached hydrogen (secondary N) is 2. The van der Waals surface area contributed by atoms with Crippen LogP contribution in [-0.2, 0) is 0 Å². The zero-order chi connectivity index (χ0) is 20.4. The summed E-state index contributed by atoms with van der Waals surface area (Å²) in [4.78, 5) is 8.41. The van der Waals surface area contributed by atoms with Crippen LogP contribution in [0, 0.1) is 22.8 Å². The summed E-state index contributed by atoms with van der Waals surface area (Å²) in [5.74, 6) is -0.138. The Labute approximate surface area is 165 Å². The first-order valence-electron chi connectivity index (χ1n) is 7.58. The number of nitrogens with zero attached hydrogens (tertiary/aromatic N) is 4. The monoisotopic (exact) mass is 448 g/mol. The first-order chi connectivity index (χ1) is 13.3. The van der Waals surface area contributed by atoms with Gasteiger partial charge < -0.3 is 21.5 Å². The van der Waals surface area contributed by atoms with Gasteiger partial charge in [-0.3, -0.25) is 5.32 Å². The Bertz CT molecular complexity index is 1060. The summed E-state index contributed by atoms with van der Waals surface area (Å²) >= 11 is 3.28. The summed E-state index contributed by atoms with van der Waals surface area (Å²) in [6, 6.07) is 5.24. The van der Waals surface area contributed by atoms with E-state index in [-0.39, 0.29) is 45.7 Å². The topological polar surface area (TPSA) is 158 Å². The molecule has 142 valence electrons. The fraction of sp³-hybridized carbons (Fsp3) is 0.125. The number of fused-ring (bicyclic) bond motifs is 1. The number of hydrogen-bond donors (Lipinski definition) is 4. The first-order valence-corrected chi connectivity index (χ1v) is 8.38. The molecule has 0 amide bonds. The second-order valence-electron chi connectivity index (χ2n) is 5.46. The minimum absolute atomic E-state index is 0.000944. The number of halogens is 3. The highest BCUT2D eigenvalue weighted by Gasteiger charge is 2.32. The van der Waals surface area contributed by atoms with Gasteiger partial charge in [-0.2, -0.15) is 19.3 Å². The van der Waals surface area contributed by atoms with Gasteiger partial charge in [0, 0.05) is 15.6 Å². The van der Waals surface area contributed by atoms with Gasteiger partial charge in [-0.1, -0.05) is 15.9 Å². The van der Waals surface area contributed by atoms with Crippen molar-refractivity contribution in [3.8, 4) is 18.0 Å². The molecule has 1 aromatic heterocycles. The van der Waals surface area contributed by atoms with Crippen LogP contribution >= 0.6 is 15.9 Å². The molecule has 0 saturated heterocycles. The maximum Gasteiger partial charge on any atom is 0.387 e. The summed E-state index contributed by atoms with van der Waals surface area (Å²) in [5, 5.41) is 23.3. The molecule has 0 fully saturated rings. The lowest BCUT2D eigenvalue weighted by Crippen LogP contribution is -2.33. The minimum atomic E-state index is -3.07. The number of pyridine rings is 1. The first kappa shape index (κ1) is 19.1. The van der Waals surface area contributed by atoms with E-state index in [2.05, 4.69) is 41.3 Å². The second kappa shape index (κ2) is 7.54. The SMILES string of the molecule is N#CNC1=NC(c2cc(Br)ccc2OC(F)F)c2c(nc(N)c(C#N)c2N)N1. The molecular weight excluding hydrogens is 438 g/mol. The van der Waals surface area contributed by atoms with Crippen LogP contribution in [0.15, 0.2) is 27.7 Å². The smallest absolute Gasteiger partial charge is 0.387 e. The number of benzene rings is 1. The predicted molar refractivity (Wildman–Crippen MR) is 100 cm³/mol. The van der Waals surface area contributed by atoms with Crippen molar-refractivity contribution >= 4 is 39.2 Å². The lowest BCUT2D eigenvalue weighted by Gasteiger charge is -2.27. The fourth-order valence-electron chi connectivity index (χ4n) is 2.74. The molecule has 12 heteroatoms. The molecule has 0 aliphatic carbocycles. The van der Waals surface area contributed by atoms with Crippen LogP contribution in [0.1, 0.15) is 22.7 Å². The number of aliphatic imine (C=N–C) groups is 1. The van der Waals surface area contributed by atoms with E-state index in [9.17, 15) is 14.0 Å². The van der Waals surface area contributed by atoms with E-state index in [1.54, 1.807) is 6.19 Å². The highest BCUT2D eigenvalue weighted by atomic mass is 79.9. The van der Waals surface area contributed by atoms with Crippen LogP contribution in [0.3, 0.4) is 0 Å². The third-order valence-corrected chi connectivity index (χ3v) is 4.33. The van der Waals surface area contributed by atoms with E-state index in [0.717, 1.165) is 0 Å². The van der Waals surface area contributed by atoms with Crippen LogP contribution in [0.4, 0.5) is 26.1 Å². The Morgan fingerprint density at radius 3 is 2.71 bits per heavy atom. The largest absolute Gasteiger partial charge is 0.434 e. The summed E-state index contributed by atoms with van der Waals surface area (Å²) in [6.07, 6.45) is 1.70. The van der Waals surface area contributed by atoms with E-state index in [1.165, 1.54) is 18.2 Å². The van der Waals surface area contributed by atoms with Gasteiger partial charge in [0.05, 0.1) is 5.69 Å². The Morgan fingerprint density at radius 1 is 1.32 bits per heavy atom. The molecule has 0 saturated carbocycles. The Kier molecular flexibility index (Phi) is 5.15. The van der Waals surface area contributed by atoms with E-state index in [4.69, 9.17) is 16.7 Å². The summed E-state index contributed by atoms with van der Waals surface area (Å²) in [6.45, 7) is -3.07. The zero-order valence-corrected chi connectivity index (χ0v) is 15.5. The van der Waals surface area contributed by atoms with E-state index in [0.29, 0.717) is 4.47 Å². The van der Waals surface area contributed by atoms with Crippen LogP contribution < -0.4 is 26.8 Å². The van der Waals surface area contributed by atoms with Gasteiger partial charge in [-0.25, -0.2) is 9.98 Å². The van der Waals surface area contributed by atoms with Crippen molar-refractivity contribution in [2.75, 3.05) is 16.8 Å². The van der Waals surface area contributed by atoms with Gasteiger partial charge >= 0.3 is 6.61 Å². The standard InChI is InChI=1S/C16H11BrF2N8O/c17-6-1-2-9(28-15(18)19)7(3-6)12-10-11(22)8(4-20)13(23)26-14(10)27-16(25-12)24-5-21/h1-3,12,15H,(H6,22,23,24,25,26,27). The van der Waals surface area contributed by atoms with Crippen molar-refractivity contribution in [1.82, 2.24) is 10.3 Å². The molecule has 6 N–H and O–H groups in total. The highest BCUT2D eigenvalue weighted by molar-refractivity contribution is 9.10. The number of nitrogens with two attached hydrogens (primary N) is 2. The number of ether oxygens (including phenoxy) is 1. The van der Waals surface area contributed by atoms with Gasteiger partial charge in [-0.15, -0.1) is 0 Å². The Hall–Kier alpha value is -3.64. The third-order valence-electron chi connectivity index (χ3n) is 3.84. The number of alkyl halides is 2.